The first kappa shape index (κ1) is 17.5. The number of aryl methyl sites for hydroxylation is 1. The number of hydrogen-bond acceptors (Lipinski definition) is 5. The molecule has 0 amide bonds. The fourth-order valence-electron chi connectivity index (χ4n) is 2.39. The average molecular weight is 328 g/mol. The van der Waals surface area contributed by atoms with E-state index >= 15 is 0 Å². The van der Waals surface area contributed by atoms with Crippen LogP contribution in [0.2, 0.25) is 0 Å². The molecule has 0 bridgehead atoms. The van der Waals surface area contributed by atoms with Crippen molar-refractivity contribution < 1.29 is 23.8 Å². The Morgan fingerprint density at radius 2 is 1.33 bits per heavy atom. The van der Waals surface area contributed by atoms with E-state index in [1.165, 1.54) is 21.3 Å². The molecule has 5 nitrogen and oxygen atoms in total. The van der Waals surface area contributed by atoms with Gasteiger partial charge in [-0.15, -0.1) is 0 Å². The summed E-state index contributed by atoms with van der Waals surface area (Å²) in [5.74, 6) is 0.810. The van der Waals surface area contributed by atoms with Gasteiger partial charge >= 0.3 is 0 Å². The largest absolute Gasteiger partial charge is 0.497 e. The zero-order chi connectivity index (χ0) is 17.7. The molecule has 5 heteroatoms. The van der Waals surface area contributed by atoms with Crippen LogP contribution < -0.4 is 14.2 Å². The van der Waals surface area contributed by atoms with Crippen LogP contribution in [0.5, 0.6) is 17.2 Å². The molecule has 0 aliphatic rings. The normalized spacial score (nSPS) is 10.2. The number of rotatable bonds is 7. The molecule has 0 atom stereocenters. The van der Waals surface area contributed by atoms with Gasteiger partial charge in [0.05, 0.1) is 38.9 Å². The van der Waals surface area contributed by atoms with Crippen LogP contribution in [0.15, 0.2) is 36.4 Å². The Kier molecular flexibility index (Phi) is 5.58. The van der Waals surface area contributed by atoms with Crippen molar-refractivity contribution in [1.82, 2.24) is 0 Å². The Balaban J connectivity index is 2.25. The number of carbonyl (C=O) groups is 2. The predicted molar refractivity (Wildman–Crippen MR) is 90.6 cm³/mol. The highest BCUT2D eigenvalue weighted by Crippen LogP contribution is 2.27. The molecule has 0 unspecified atom stereocenters. The summed E-state index contributed by atoms with van der Waals surface area (Å²) in [4.78, 5) is 25.0. The Bertz CT molecular complexity index is 764. The molecule has 2 rings (SSSR count). The zero-order valence-corrected chi connectivity index (χ0v) is 14.2. The fourth-order valence-corrected chi connectivity index (χ4v) is 2.39. The summed E-state index contributed by atoms with van der Waals surface area (Å²) in [6, 6.07) is 10.1. The minimum Gasteiger partial charge on any atom is -0.497 e. The van der Waals surface area contributed by atoms with Crippen molar-refractivity contribution in [2.45, 2.75) is 13.3 Å². The number of benzene rings is 2. The number of ether oxygens (including phenoxy) is 3. The van der Waals surface area contributed by atoms with Gasteiger partial charge in [0.25, 0.3) is 0 Å². The first-order valence-electron chi connectivity index (χ1n) is 7.43. The van der Waals surface area contributed by atoms with Crippen molar-refractivity contribution in [3.05, 3.63) is 53.1 Å². The van der Waals surface area contributed by atoms with E-state index in [0.717, 1.165) is 5.56 Å². The van der Waals surface area contributed by atoms with E-state index in [9.17, 15) is 9.59 Å². The second-order valence-corrected chi connectivity index (χ2v) is 5.29. The molecule has 0 saturated carbocycles. The highest BCUT2D eigenvalue weighted by atomic mass is 16.5. The van der Waals surface area contributed by atoms with Gasteiger partial charge in [-0.25, -0.2) is 0 Å². The predicted octanol–water partition coefficient (Wildman–Crippen LogP) is 3.48. The van der Waals surface area contributed by atoms with Crippen molar-refractivity contribution in [2.24, 2.45) is 0 Å². The Morgan fingerprint density at radius 1 is 0.792 bits per heavy atom. The van der Waals surface area contributed by atoms with E-state index < -0.39 is 0 Å². The molecule has 0 fully saturated rings. The van der Waals surface area contributed by atoms with Crippen LogP contribution >= 0.6 is 0 Å². The lowest BCUT2D eigenvalue weighted by atomic mass is 9.99. The lowest BCUT2D eigenvalue weighted by Gasteiger charge is -2.11. The average Bonchev–Trinajstić information content (AvgIpc) is 2.60. The third-order valence-electron chi connectivity index (χ3n) is 3.69. The monoisotopic (exact) mass is 328 g/mol. The molecule has 0 aliphatic heterocycles. The molecule has 0 aliphatic carbocycles. The summed E-state index contributed by atoms with van der Waals surface area (Å²) in [6.45, 7) is 1.91. The molecule has 0 aromatic heterocycles. The maximum Gasteiger partial charge on any atom is 0.174 e. The molecule has 2 aromatic rings. The SMILES string of the molecule is COc1ccc(C(=O)CC(=O)c2ccc(C)cc2OC)c(OC)c1. The molecule has 0 saturated heterocycles. The second-order valence-electron chi connectivity index (χ2n) is 5.29. The fraction of sp³-hybridized carbons (Fsp3) is 0.263. The Labute approximate surface area is 141 Å². The van der Waals surface area contributed by atoms with Gasteiger partial charge in [-0.2, -0.15) is 0 Å². The molecule has 0 heterocycles. The van der Waals surface area contributed by atoms with Crippen LogP contribution in [0.4, 0.5) is 0 Å². The standard InChI is InChI=1S/C19H20O5/c1-12-5-7-14(18(9-12)23-3)16(20)11-17(21)15-8-6-13(22-2)10-19(15)24-4/h5-10H,11H2,1-4H3. The van der Waals surface area contributed by atoms with Gasteiger partial charge in [0, 0.05) is 6.07 Å². The van der Waals surface area contributed by atoms with Gasteiger partial charge in [-0.1, -0.05) is 6.07 Å². The second kappa shape index (κ2) is 7.64. The number of Topliss-reactive ketones (excluding diaryl/α,β-unsaturated/α-hetero) is 2. The zero-order valence-electron chi connectivity index (χ0n) is 14.2. The molecule has 24 heavy (non-hydrogen) atoms. The van der Waals surface area contributed by atoms with E-state index in [1.54, 1.807) is 30.3 Å². The third-order valence-corrected chi connectivity index (χ3v) is 3.69. The summed E-state index contributed by atoms with van der Waals surface area (Å²) in [5, 5.41) is 0. The first-order chi connectivity index (χ1) is 11.5. The summed E-state index contributed by atoms with van der Waals surface area (Å²) in [5.41, 5.74) is 1.72. The number of carbonyl (C=O) groups excluding carboxylic acids is 2. The molecule has 0 spiro atoms. The summed E-state index contributed by atoms with van der Waals surface area (Å²) in [6.07, 6.45) is -0.262. The molecule has 2 aromatic carbocycles. The third kappa shape index (κ3) is 3.74. The van der Waals surface area contributed by atoms with E-state index in [-0.39, 0.29) is 18.0 Å². The van der Waals surface area contributed by atoms with Crippen molar-refractivity contribution in [1.29, 1.82) is 0 Å². The Hall–Kier alpha value is -2.82. The maximum absolute atomic E-state index is 12.5. The van der Waals surface area contributed by atoms with Gasteiger partial charge in [0.1, 0.15) is 17.2 Å². The molecular formula is C19H20O5. The van der Waals surface area contributed by atoms with Crippen molar-refractivity contribution in [3.63, 3.8) is 0 Å². The van der Waals surface area contributed by atoms with Crippen molar-refractivity contribution >= 4 is 11.6 Å². The van der Waals surface area contributed by atoms with Gasteiger partial charge in [0.15, 0.2) is 11.6 Å². The van der Waals surface area contributed by atoms with E-state index in [2.05, 4.69) is 0 Å². The molecule has 126 valence electrons. The van der Waals surface area contributed by atoms with Gasteiger partial charge in [-0.05, 0) is 36.8 Å². The summed E-state index contributed by atoms with van der Waals surface area (Å²) >= 11 is 0. The first-order valence-corrected chi connectivity index (χ1v) is 7.43. The van der Waals surface area contributed by atoms with E-state index in [4.69, 9.17) is 14.2 Å². The van der Waals surface area contributed by atoms with E-state index in [1.807, 2.05) is 13.0 Å². The number of hydrogen-bond donors (Lipinski definition) is 0. The topological polar surface area (TPSA) is 61.8 Å². The van der Waals surface area contributed by atoms with Gasteiger partial charge in [0.2, 0.25) is 0 Å². The Morgan fingerprint density at radius 3 is 1.88 bits per heavy atom. The smallest absolute Gasteiger partial charge is 0.174 e. The summed E-state index contributed by atoms with van der Waals surface area (Å²) in [7, 11) is 4.50. The number of ketones is 2. The quantitative estimate of drug-likeness (QED) is 0.575. The molecule has 0 N–H and O–H groups in total. The molecule has 0 radical (unpaired) electrons. The van der Waals surface area contributed by atoms with Crippen LogP contribution in [-0.2, 0) is 0 Å². The van der Waals surface area contributed by atoms with Crippen LogP contribution in [0.25, 0.3) is 0 Å². The molecular weight excluding hydrogens is 308 g/mol. The van der Waals surface area contributed by atoms with Gasteiger partial charge < -0.3 is 14.2 Å². The highest BCUT2D eigenvalue weighted by Gasteiger charge is 2.20. The highest BCUT2D eigenvalue weighted by molar-refractivity contribution is 6.15. The van der Waals surface area contributed by atoms with Crippen molar-refractivity contribution in [2.75, 3.05) is 21.3 Å². The number of methoxy groups -OCH3 is 3. The lowest BCUT2D eigenvalue weighted by Crippen LogP contribution is -2.11. The summed E-state index contributed by atoms with van der Waals surface area (Å²) < 4.78 is 15.6. The van der Waals surface area contributed by atoms with E-state index in [0.29, 0.717) is 28.4 Å². The van der Waals surface area contributed by atoms with Crippen LogP contribution in [0.3, 0.4) is 0 Å². The van der Waals surface area contributed by atoms with Crippen LogP contribution in [-0.4, -0.2) is 32.9 Å². The minimum absolute atomic E-state index is 0.262. The maximum atomic E-state index is 12.5. The van der Waals surface area contributed by atoms with Crippen LogP contribution in [0.1, 0.15) is 32.7 Å². The minimum atomic E-state index is -0.317. The lowest BCUT2D eigenvalue weighted by molar-refractivity contribution is 0.0891. The van der Waals surface area contributed by atoms with Crippen LogP contribution in [0, 0.1) is 6.92 Å². The van der Waals surface area contributed by atoms with Gasteiger partial charge in [-0.3, -0.25) is 9.59 Å². The van der Waals surface area contributed by atoms with Crippen molar-refractivity contribution in [3.8, 4) is 17.2 Å².